The van der Waals surface area contributed by atoms with Gasteiger partial charge in [0.05, 0.1) is 30.4 Å². The minimum Gasteiger partial charge on any atom is -0.474 e. The topological polar surface area (TPSA) is 120 Å². The standard InChI is InChI=1S/C23H33N3O6S/c1-6-15-9-8-10-17(32-18(24)7-2)22(15)33(25-14(3)27)13-16(12-30-4)21(23(29)31-5)26-19(28)11-20(26)33/h8-10,18,20H,6-7,11-13,24H2,1-5H3,(H,25,27). The zero-order valence-corrected chi connectivity index (χ0v) is 20.6. The third-order valence-corrected chi connectivity index (χ3v) is 9.81. The lowest BCUT2D eigenvalue weighted by atomic mass is 10.1. The van der Waals surface area contributed by atoms with Gasteiger partial charge in [0.1, 0.15) is 17.7 Å². The quantitative estimate of drug-likeness (QED) is 0.316. The summed E-state index contributed by atoms with van der Waals surface area (Å²) in [5.74, 6) is -0.0836. The Morgan fingerprint density at radius 2 is 2.03 bits per heavy atom. The molecular formula is C23H33N3O6S. The number of aryl methyl sites for hydroxylation is 1. The van der Waals surface area contributed by atoms with Crippen LogP contribution in [0.4, 0.5) is 0 Å². The second-order valence-corrected chi connectivity index (χ2v) is 11.1. The number of carbonyl (C=O) groups is 3. The van der Waals surface area contributed by atoms with E-state index in [2.05, 4.69) is 4.72 Å². The van der Waals surface area contributed by atoms with E-state index in [0.29, 0.717) is 29.9 Å². The lowest BCUT2D eigenvalue weighted by Crippen LogP contribution is -2.61. The van der Waals surface area contributed by atoms with Crippen LogP contribution < -0.4 is 15.2 Å². The molecule has 2 heterocycles. The van der Waals surface area contributed by atoms with Crippen LogP contribution in [0.3, 0.4) is 0 Å². The Morgan fingerprint density at radius 3 is 2.58 bits per heavy atom. The van der Waals surface area contributed by atoms with Gasteiger partial charge in [-0.15, -0.1) is 10.2 Å². The highest BCUT2D eigenvalue weighted by molar-refractivity contribution is 8.33. The maximum atomic E-state index is 12.8. The highest BCUT2D eigenvalue weighted by atomic mass is 32.3. The molecule has 1 aromatic rings. The van der Waals surface area contributed by atoms with Crippen molar-refractivity contribution in [3.8, 4) is 5.75 Å². The zero-order chi connectivity index (χ0) is 24.3. The SMILES string of the molecule is CCc1cccc(OC(N)CC)c1S1(NC(C)=O)CC(COC)=C(C(=O)OC)N2C(=O)CC21. The summed E-state index contributed by atoms with van der Waals surface area (Å²) in [5, 5.41) is -0.406. The molecular weight excluding hydrogens is 446 g/mol. The lowest BCUT2D eigenvalue weighted by molar-refractivity contribution is -0.148. The van der Waals surface area contributed by atoms with E-state index in [1.807, 2.05) is 32.0 Å². The first kappa shape index (κ1) is 25.1. The lowest BCUT2D eigenvalue weighted by Gasteiger charge is -2.59. The van der Waals surface area contributed by atoms with Crippen LogP contribution in [0, 0.1) is 0 Å². The Bertz CT molecular complexity index is 981. The number of β-lactam (4-membered cyclic amide) rings is 1. The number of nitrogens with one attached hydrogen (secondary N) is 1. The summed E-state index contributed by atoms with van der Waals surface area (Å²) in [6.45, 7) is 5.54. The van der Waals surface area contributed by atoms with Gasteiger partial charge in [0, 0.05) is 19.8 Å². The third-order valence-electron chi connectivity index (χ3n) is 5.86. The highest BCUT2D eigenvalue weighted by Gasteiger charge is 2.57. The Hall–Kier alpha value is -2.56. The Kier molecular flexibility index (Phi) is 7.71. The van der Waals surface area contributed by atoms with Crippen molar-refractivity contribution in [3.05, 3.63) is 35.0 Å². The fourth-order valence-electron chi connectivity index (χ4n) is 4.42. The number of hydrogen-bond donors (Lipinski definition) is 2. The molecule has 2 aliphatic heterocycles. The van der Waals surface area contributed by atoms with Crippen molar-refractivity contribution in [2.45, 2.75) is 56.5 Å². The number of fused-ring (bicyclic) bond motifs is 1. The maximum absolute atomic E-state index is 12.8. The number of carbonyl (C=O) groups excluding carboxylic acids is 3. The van der Waals surface area contributed by atoms with Crippen LogP contribution in [0.15, 0.2) is 34.4 Å². The van der Waals surface area contributed by atoms with Crippen molar-refractivity contribution >= 4 is 28.0 Å². The van der Waals surface area contributed by atoms with E-state index in [1.54, 1.807) is 0 Å². The van der Waals surface area contributed by atoms with Crippen LogP contribution in [0.2, 0.25) is 0 Å². The van der Waals surface area contributed by atoms with Crippen molar-refractivity contribution in [2.24, 2.45) is 5.73 Å². The molecule has 3 atom stereocenters. The first-order valence-electron chi connectivity index (χ1n) is 11.0. The first-order valence-corrected chi connectivity index (χ1v) is 12.8. The van der Waals surface area contributed by atoms with Crippen molar-refractivity contribution in [3.63, 3.8) is 0 Å². The third kappa shape index (κ3) is 4.47. The number of esters is 1. The molecule has 9 nitrogen and oxygen atoms in total. The molecule has 0 bridgehead atoms. The molecule has 3 unspecified atom stereocenters. The van der Waals surface area contributed by atoms with Crippen LogP contribution in [-0.2, 0) is 30.3 Å². The second kappa shape index (κ2) is 10.1. The summed E-state index contributed by atoms with van der Waals surface area (Å²) < 4.78 is 19.7. The average molecular weight is 480 g/mol. The van der Waals surface area contributed by atoms with Gasteiger partial charge >= 0.3 is 5.97 Å². The molecule has 0 radical (unpaired) electrons. The van der Waals surface area contributed by atoms with Crippen LogP contribution in [-0.4, -0.2) is 60.9 Å². The summed E-state index contributed by atoms with van der Waals surface area (Å²) in [5.41, 5.74) is 7.94. The Labute approximate surface area is 196 Å². The van der Waals surface area contributed by atoms with Gasteiger partial charge in [-0.25, -0.2) is 4.79 Å². The molecule has 1 aromatic carbocycles. The van der Waals surface area contributed by atoms with Crippen molar-refractivity contribution < 1.29 is 28.6 Å². The van der Waals surface area contributed by atoms with Crippen molar-refractivity contribution in [1.82, 2.24) is 9.62 Å². The van der Waals surface area contributed by atoms with Crippen molar-refractivity contribution in [1.29, 1.82) is 0 Å². The maximum Gasteiger partial charge on any atom is 0.354 e. The average Bonchev–Trinajstić information content (AvgIpc) is 2.78. The minimum atomic E-state index is -2.24. The normalized spacial score (nSPS) is 24.8. The molecule has 0 aromatic heterocycles. The molecule has 10 heteroatoms. The molecule has 1 fully saturated rings. The minimum absolute atomic E-state index is 0.119. The molecule has 0 aliphatic carbocycles. The van der Waals surface area contributed by atoms with Crippen LogP contribution in [0.5, 0.6) is 5.75 Å². The molecule has 0 saturated carbocycles. The summed E-state index contributed by atoms with van der Waals surface area (Å²) in [4.78, 5) is 40.4. The van der Waals surface area contributed by atoms with Gasteiger partial charge in [-0.1, -0.05) is 26.0 Å². The van der Waals surface area contributed by atoms with Crippen molar-refractivity contribution in [2.75, 3.05) is 26.6 Å². The molecule has 1 saturated heterocycles. The summed E-state index contributed by atoms with van der Waals surface area (Å²) >= 11 is 0. The predicted molar refractivity (Wildman–Crippen MR) is 125 cm³/mol. The first-order chi connectivity index (χ1) is 15.7. The van der Waals surface area contributed by atoms with E-state index < -0.39 is 27.8 Å². The zero-order valence-electron chi connectivity index (χ0n) is 19.8. The second-order valence-electron chi connectivity index (χ2n) is 8.06. The summed E-state index contributed by atoms with van der Waals surface area (Å²) in [7, 11) is 0.564. The molecule has 3 N–H and O–H groups in total. The molecule has 0 spiro atoms. The van der Waals surface area contributed by atoms with Crippen LogP contribution >= 0.6 is 10.2 Å². The number of rotatable bonds is 9. The monoisotopic (exact) mass is 479 g/mol. The number of hydrogen-bond acceptors (Lipinski definition) is 7. The number of amides is 2. The van der Waals surface area contributed by atoms with E-state index in [1.165, 1.54) is 26.0 Å². The number of ether oxygens (including phenoxy) is 3. The van der Waals surface area contributed by atoms with E-state index in [9.17, 15) is 14.4 Å². The van der Waals surface area contributed by atoms with Gasteiger partial charge in [0.2, 0.25) is 11.8 Å². The smallest absolute Gasteiger partial charge is 0.354 e. The van der Waals surface area contributed by atoms with E-state index >= 15 is 0 Å². The summed E-state index contributed by atoms with van der Waals surface area (Å²) in [6.07, 6.45) is 0.976. The Balaban J connectivity index is 2.31. The molecule has 2 amide bonds. The molecule has 3 rings (SSSR count). The Morgan fingerprint density at radius 1 is 1.30 bits per heavy atom. The van der Waals surface area contributed by atoms with E-state index in [-0.39, 0.29) is 30.5 Å². The predicted octanol–water partition coefficient (Wildman–Crippen LogP) is 2.18. The van der Waals surface area contributed by atoms with Gasteiger partial charge in [-0.2, -0.15) is 0 Å². The highest BCUT2D eigenvalue weighted by Crippen LogP contribution is 2.68. The molecule has 182 valence electrons. The molecule has 2 aliphatic rings. The summed E-state index contributed by atoms with van der Waals surface area (Å²) in [6, 6.07) is 5.75. The van der Waals surface area contributed by atoms with Gasteiger partial charge in [0.15, 0.2) is 0 Å². The van der Waals surface area contributed by atoms with Gasteiger partial charge in [-0.05, 0) is 30.0 Å². The fraction of sp³-hybridized carbons (Fsp3) is 0.522. The van der Waals surface area contributed by atoms with Gasteiger partial charge in [0.25, 0.3) is 0 Å². The van der Waals surface area contributed by atoms with Gasteiger partial charge < -0.3 is 18.9 Å². The van der Waals surface area contributed by atoms with E-state index in [4.69, 9.17) is 19.9 Å². The molecule has 33 heavy (non-hydrogen) atoms. The van der Waals surface area contributed by atoms with Crippen LogP contribution in [0.1, 0.15) is 39.2 Å². The number of nitrogens with zero attached hydrogens (tertiary/aromatic N) is 1. The van der Waals surface area contributed by atoms with E-state index in [0.717, 1.165) is 10.5 Å². The fourth-order valence-corrected chi connectivity index (χ4v) is 8.79. The van der Waals surface area contributed by atoms with Crippen LogP contribution in [0.25, 0.3) is 0 Å². The number of benzene rings is 1. The largest absolute Gasteiger partial charge is 0.474 e. The number of methoxy groups -OCH3 is 2. The van der Waals surface area contributed by atoms with Gasteiger partial charge in [-0.3, -0.25) is 20.2 Å². The number of nitrogens with two attached hydrogens (primary N) is 1.